The number of anilines is 1. The Labute approximate surface area is 157 Å². The molecule has 0 bridgehead atoms. The molecule has 0 radical (unpaired) electrons. The topological polar surface area (TPSA) is 97.4 Å². The number of amides is 2. The van der Waals surface area contributed by atoms with E-state index in [2.05, 4.69) is 10.3 Å². The second-order valence-electron chi connectivity index (χ2n) is 5.26. The zero-order valence-electron chi connectivity index (χ0n) is 14.0. The number of hydrogen-bond acceptors (Lipinski definition) is 5. The average molecular weight is 398 g/mol. The molecule has 0 fully saturated rings. The van der Waals surface area contributed by atoms with E-state index in [0.29, 0.717) is 5.02 Å². The predicted octanol–water partition coefficient (Wildman–Crippen LogP) is 2.31. The summed E-state index contributed by atoms with van der Waals surface area (Å²) < 4.78 is 31.8. The number of rotatable bonds is 6. The Morgan fingerprint density at radius 1 is 1.22 bits per heavy atom. The molecule has 0 spiro atoms. The number of ether oxygens (including phenoxy) is 1. The number of esters is 1. The van der Waals surface area contributed by atoms with Crippen LogP contribution in [0.4, 0.5) is 14.5 Å². The molecule has 27 heavy (non-hydrogen) atoms. The molecular formula is C17H14ClF2N3O4. The van der Waals surface area contributed by atoms with Gasteiger partial charge >= 0.3 is 5.97 Å². The first-order valence-electron chi connectivity index (χ1n) is 7.62. The number of hydrogen-bond donors (Lipinski definition) is 2. The first-order chi connectivity index (χ1) is 12.8. The Kier molecular flexibility index (Phi) is 6.78. The second-order valence-corrected chi connectivity index (χ2v) is 5.70. The summed E-state index contributed by atoms with van der Waals surface area (Å²) in [6, 6.07) is 5.86. The van der Waals surface area contributed by atoms with Gasteiger partial charge in [0.25, 0.3) is 11.8 Å². The molecule has 1 atom stereocenters. The molecule has 7 nitrogen and oxygen atoms in total. The van der Waals surface area contributed by atoms with Crippen molar-refractivity contribution < 1.29 is 27.9 Å². The average Bonchev–Trinajstić information content (AvgIpc) is 2.62. The van der Waals surface area contributed by atoms with Gasteiger partial charge in [-0.05, 0) is 31.2 Å². The van der Waals surface area contributed by atoms with Crippen LogP contribution < -0.4 is 10.6 Å². The lowest BCUT2D eigenvalue weighted by molar-refractivity contribution is -0.152. The van der Waals surface area contributed by atoms with Crippen LogP contribution in [-0.4, -0.2) is 35.4 Å². The molecule has 2 aromatic rings. The molecule has 0 saturated heterocycles. The van der Waals surface area contributed by atoms with E-state index in [1.807, 2.05) is 5.32 Å². The van der Waals surface area contributed by atoms with Crippen molar-refractivity contribution in [2.45, 2.75) is 13.0 Å². The fraction of sp³-hybridized carbons (Fsp3) is 0.176. The molecule has 0 aliphatic carbocycles. The van der Waals surface area contributed by atoms with Crippen LogP contribution in [-0.2, 0) is 14.3 Å². The van der Waals surface area contributed by atoms with E-state index in [0.717, 1.165) is 18.2 Å². The van der Waals surface area contributed by atoms with Crippen molar-refractivity contribution >= 4 is 35.1 Å². The Morgan fingerprint density at radius 2 is 1.89 bits per heavy atom. The zero-order valence-corrected chi connectivity index (χ0v) is 14.7. The summed E-state index contributed by atoms with van der Waals surface area (Å²) in [7, 11) is 0. The largest absolute Gasteiger partial charge is 0.451 e. The third-order valence-corrected chi connectivity index (χ3v) is 3.47. The first-order valence-corrected chi connectivity index (χ1v) is 8.00. The lowest BCUT2D eigenvalue weighted by atomic mass is 10.2. The quantitative estimate of drug-likeness (QED) is 0.729. The predicted molar refractivity (Wildman–Crippen MR) is 92.1 cm³/mol. The highest BCUT2D eigenvalue weighted by molar-refractivity contribution is 6.30. The summed E-state index contributed by atoms with van der Waals surface area (Å²) >= 11 is 5.73. The highest BCUT2D eigenvalue weighted by Gasteiger charge is 2.21. The maximum atomic E-state index is 13.5. The van der Waals surface area contributed by atoms with Crippen molar-refractivity contribution in [2.75, 3.05) is 11.9 Å². The van der Waals surface area contributed by atoms with Crippen molar-refractivity contribution in [3.8, 4) is 0 Å². The van der Waals surface area contributed by atoms with Crippen molar-refractivity contribution in [2.24, 2.45) is 0 Å². The van der Waals surface area contributed by atoms with E-state index < -0.39 is 47.8 Å². The van der Waals surface area contributed by atoms with E-state index in [1.165, 1.54) is 25.3 Å². The minimum Gasteiger partial charge on any atom is -0.451 e. The molecule has 2 rings (SSSR count). The lowest BCUT2D eigenvalue weighted by Gasteiger charge is -2.14. The summed E-state index contributed by atoms with van der Waals surface area (Å²) in [6.07, 6.45) is -0.0261. The number of nitrogens with one attached hydrogen (secondary N) is 2. The van der Waals surface area contributed by atoms with Gasteiger partial charge in [-0.3, -0.25) is 19.4 Å². The number of carbonyl (C=O) groups is 3. The van der Waals surface area contributed by atoms with Crippen molar-refractivity contribution in [3.05, 3.63) is 58.9 Å². The number of halogens is 3. The monoisotopic (exact) mass is 397 g/mol. The van der Waals surface area contributed by atoms with E-state index in [4.69, 9.17) is 16.3 Å². The van der Waals surface area contributed by atoms with Crippen LogP contribution in [0.15, 0.2) is 36.5 Å². The summed E-state index contributed by atoms with van der Waals surface area (Å²) in [6.45, 7) is 0.672. The molecule has 10 heteroatoms. The molecular weight excluding hydrogens is 384 g/mol. The van der Waals surface area contributed by atoms with Crippen molar-refractivity contribution in [3.63, 3.8) is 0 Å². The SMILES string of the molecule is C[C@@H](OC(=O)CNC(=O)c1cc(Cl)ccn1)C(=O)Nc1c(F)cccc1F. The maximum absolute atomic E-state index is 13.5. The van der Waals surface area contributed by atoms with Crippen molar-refractivity contribution in [1.29, 1.82) is 0 Å². The number of benzene rings is 1. The van der Waals surface area contributed by atoms with Gasteiger partial charge in [0.1, 0.15) is 29.6 Å². The van der Waals surface area contributed by atoms with Gasteiger partial charge in [-0.25, -0.2) is 8.78 Å². The Bertz CT molecular complexity index is 859. The highest BCUT2D eigenvalue weighted by atomic mass is 35.5. The van der Waals surface area contributed by atoms with Gasteiger partial charge in [0.2, 0.25) is 0 Å². The van der Waals surface area contributed by atoms with Gasteiger partial charge in [0.15, 0.2) is 6.10 Å². The third kappa shape index (κ3) is 5.71. The summed E-state index contributed by atoms with van der Waals surface area (Å²) in [5.74, 6) is -4.47. The van der Waals surface area contributed by atoms with Gasteiger partial charge in [-0.1, -0.05) is 17.7 Å². The molecule has 0 aliphatic heterocycles. The number of para-hydroxylation sites is 1. The van der Waals surface area contributed by atoms with Crippen LogP contribution in [0.1, 0.15) is 17.4 Å². The van der Waals surface area contributed by atoms with E-state index in [-0.39, 0.29) is 5.69 Å². The standard InChI is InChI=1S/C17H14ClF2N3O4/c1-9(16(25)23-15-11(19)3-2-4-12(15)20)27-14(24)8-22-17(26)13-7-10(18)5-6-21-13/h2-7,9H,8H2,1H3,(H,22,26)(H,23,25)/t9-/m1/s1. The summed E-state index contributed by atoms with van der Waals surface area (Å²) in [5.41, 5.74) is -0.651. The van der Waals surface area contributed by atoms with Crippen LogP contribution in [0.3, 0.4) is 0 Å². The van der Waals surface area contributed by atoms with Crippen LogP contribution in [0, 0.1) is 11.6 Å². The van der Waals surface area contributed by atoms with E-state index in [9.17, 15) is 23.2 Å². The van der Waals surface area contributed by atoms with Crippen LogP contribution in [0.25, 0.3) is 0 Å². The van der Waals surface area contributed by atoms with Crippen LogP contribution >= 0.6 is 11.6 Å². The van der Waals surface area contributed by atoms with Gasteiger partial charge < -0.3 is 15.4 Å². The highest BCUT2D eigenvalue weighted by Crippen LogP contribution is 2.18. The molecule has 0 saturated carbocycles. The fourth-order valence-corrected chi connectivity index (χ4v) is 2.07. The number of aromatic nitrogens is 1. The lowest BCUT2D eigenvalue weighted by Crippen LogP contribution is -2.36. The summed E-state index contributed by atoms with van der Waals surface area (Å²) in [4.78, 5) is 39.3. The molecule has 0 aliphatic rings. The van der Waals surface area contributed by atoms with Gasteiger partial charge in [0.05, 0.1) is 0 Å². The second kappa shape index (κ2) is 9.04. The molecule has 0 unspecified atom stereocenters. The number of carbonyl (C=O) groups excluding carboxylic acids is 3. The Balaban J connectivity index is 1.86. The smallest absolute Gasteiger partial charge is 0.326 e. The van der Waals surface area contributed by atoms with Crippen LogP contribution in [0.5, 0.6) is 0 Å². The minimum atomic E-state index is -1.35. The molecule has 2 N–H and O–H groups in total. The maximum Gasteiger partial charge on any atom is 0.326 e. The Morgan fingerprint density at radius 3 is 2.52 bits per heavy atom. The van der Waals surface area contributed by atoms with E-state index in [1.54, 1.807) is 0 Å². The van der Waals surface area contributed by atoms with Gasteiger partial charge in [-0.15, -0.1) is 0 Å². The minimum absolute atomic E-state index is 0.00359. The summed E-state index contributed by atoms with van der Waals surface area (Å²) in [5, 5.41) is 4.55. The van der Waals surface area contributed by atoms with Crippen molar-refractivity contribution in [1.82, 2.24) is 10.3 Å². The number of nitrogens with zero attached hydrogens (tertiary/aromatic N) is 1. The Hall–Kier alpha value is -3.07. The van der Waals surface area contributed by atoms with Gasteiger partial charge in [0, 0.05) is 11.2 Å². The number of pyridine rings is 1. The third-order valence-electron chi connectivity index (χ3n) is 3.24. The first kappa shape index (κ1) is 20.2. The van der Waals surface area contributed by atoms with Crippen LogP contribution in [0.2, 0.25) is 5.02 Å². The normalized spacial score (nSPS) is 11.4. The molecule has 1 aromatic carbocycles. The van der Waals surface area contributed by atoms with Gasteiger partial charge in [-0.2, -0.15) is 0 Å². The molecule has 142 valence electrons. The fourth-order valence-electron chi connectivity index (χ4n) is 1.91. The molecule has 1 heterocycles. The molecule has 1 aromatic heterocycles. The zero-order chi connectivity index (χ0) is 20.0. The molecule has 2 amide bonds. The van der Waals surface area contributed by atoms with E-state index >= 15 is 0 Å².